The van der Waals surface area contributed by atoms with Crippen LogP contribution >= 0.6 is 0 Å². The molecule has 0 aromatic heterocycles. The van der Waals surface area contributed by atoms with Gasteiger partial charge in [0.25, 0.3) is 0 Å². The Balaban J connectivity index is 3.28. The molecule has 1 aromatic rings. The van der Waals surface area contributed by atoms with Crippen molar-refractivity contribution in [2.45, 2.75) is 38.6 Å². The van der Waals surface area contributed by atoms with Gasteiger partial charge in [0, 0.05) is 0 Å². The average molecular weight is 303 g/mol. The summed E-state index contributed by atoms with van der Waals surface area (Å²) in [7, 11) is -4.03. The fourth-order valence-electron chi connectivity index (χ4n) is 2.02. The highest BCUT2D eigenvalue weighted by Crippen LogP contribution is 2.22. The second-order valence-corrected chi connectivity index (χ2v) is 6.70. The van der Waals surface area contributed by atoms with E-state index in [1.807, 2.05) is 0 Å². The van der Waals surface area contributed by atoms with Crippen LogP contribution in [0.25, 0.3) is 0 Å². The van der Waals surface area contributed by atoms with Gasteiger partial charge in [0.2, 0.25) is 10.0 Å². The Morgan fingerprint density at radius 3 is 2.05 bits per heavy atom. The summed E-state index contributed by atoms with van der Waals surface area (Å²) >= 11 is 0. The van der Waals surface area contributed by atoms with E-state index < -0.39 is 33.8 Å². The van der Waals surface area contributed by atoms with E-state index in [1.165, 1.54) is 13.8 Å². The van der Waals surface area contributed by atoms with Crippen LogP contribution in [-0.2, 0) is 14.8 Å². The highest BCUT2D eigenvalue weighted by Gasteiger charge is 2.29. The lowest BCUT2D eigenvalue weighted by atomic mass is 10.1. The molecule has 1 unspecified atom stereocenters. The van der Waals surface area contributed by atoms with Crippen LogP contribution < -0.4 is 4.72 Å². The van der Waals surface area contributed by atoms with Crippen molar-refractivity contribution >= 4 is 16.0 Å². The third-order valence-electron chi connectivity index (χ3n) is 2.91. The summed E-state index contributed by atoms with van der Waals surface area (Å²) in [5, 5.41) is 9.05. The van der Waals surface area contributed by atoms with Gasteiger partial charge in [0.1, 0.15) is 11.9 Å². The van der Waals surface area contributed by atoms with Crippen LogP contribution in [0.15, 0.2) is 17.0 Å². The Kier molecular flexibility index (Phi) is 4.88. The number of nitrogens with one attached hydrogen (secondary N) is 1. The van der Waals surface area contributed by atoms with Gasteiger partial charge in [0.05, 0.1) is 4.90 Å². The van der Waals surface area contributed by atoms with Crippen molar-refractivity contribution in [2.75, 3.05) is 0 Å². The number of benzene rings is 1. The van der Waals surface area contributed by atoms with Crippen molar-refractivity contribution in [3.63, 3.8) is 0 Å². The van der Waals surface area contributed by atoms with Gasteiger partial charge in [-0.25, -0.2) is 12.8 Å². The molecule has 1 aromatic carbocycles. The molecule has 5 nitrogen and oxygen atoms in total. The monoisotopic (exact) mass is 303 g/mol. The lowest BCUT2D eigenvalue weighted by Crippen LogP contribution is -2.44. The highest BCUT2D eigenvalue weighted by molar-refractivity contribution is 7.89. The molecule has 0 aliphatic heterocycles. The zero-order valence-electron chi connectivity index (χ0n) is 11.8. The molecular formula is C13H18FNO4S. The molecule has 2 N–H and O–H groups in total. The summed E-state index contributed by atoms with van der Waals surface area (Å²) in [4.78, 5) is 11.0. The predicted molar refractivity (Wildman–Crippen MR) is 72.5 cm³/mol. The summed E-state index contributed by atoms with van der Waals surface area (Å²) < 4.78 is 40.0. The SMILES string of the molecule is Cc1cc(F)cc(C)c1S(=O)(=O)NC(C(=O)O)C(C)C. The summed E-state index contributed by atoms with van der Waals surface area (Å²) in [6.07, 6.45) is 0. The van der Waals surface area contributed by atoms with Crippen molar-refractivity contribution in [1.29, 1.82) is 0 Å². The quantitative estimate of drug-likeness (QED) is 0.869. The maximum absolute atomic E-state index is 13.2. The normalized spacial score (nSPS) is 13.5. The van der Waals surface area contributed by atoms with E-state index in [0.29, 0.717) is 0 Å². The number of carboxylic acid groups (broad SMARTS) is 1. The van der Waals surface area contributed by atoms with E-state index in [2.05, 4.69) is 4.72 Å². The van der Waals surface area contributed by atoms with Gasteiger partial charge in [0.15, 0.2) is 0 Å². The van der Waals surface area contributed by atoms with E-state index in [4.69, 9.17) is 5.11 Å². The van der Waals surface area contributed by atoms with Crippen molar-refractivity contribution in [3.8, 4) is 0 Å². The standard InChI is InChI=1S/C13H18FNO4S/c1-7(2)11(13(16)17)15-20(18,19)12-8(3)5-10(14)6-9(12)4/h5-7,11,15H,1-4H3,(H,16,17). The number of hydrogen-bond donors (Lipinski definition) is 2. The molecule has 0 spiro atoms. The van der Waals surface area contributed by atoms with Crippen molar-refractivity contribution in [3.05, 3.63) is 29.1 Å². The third kappa shape index (κ3) is 3.55. The van der Waals surface area contributed by atoms with Gasteiger partial charge >= 0.3 is 5.97 Å². The maximum Gasteiger partial charge on any atom is 0.322 e. The number of aryl methyl sites for hydroxylation is 2. The van der Waals surface area contributed by atoms with Gasteiger partial charge in [-0.2, -0.15) is 4.72 Å². The molecular weight excluding hydrogens is 285 g/mol. The molecule has 0 fully saturated rings. The summed E-state index contributed by atoms with van der Waals surface area (Å²) in [5.41, 5.74) is 0.478. The van der Waals surface area contributed by atoms with Gasteiger partial charge in [-0.3, -0.25) is 4.79 Å². The summed E-state index contributed by atoms with van der Waals surface area (Å²) in [6, 6.07) is 0.975. The molecule has 0 aliphatic rings. The zero-order chi connectivity index (χ0) is 15.7. The minimum atomic E-state index is -4.03. The largest absolute Gasteiger partial charge is 0.480 e. The van der Waals surface area contributed by atoms with Gasteiger partial charge in [-0.1, -0.05) is 13.8 Å². The first-order chi connectivity index (χ1) is 9.06. The third-order valence-corrected chi connectivity index (χ3v) is 4.65. The van der Waals surface area contributed by atoms with E-state index in [1.54, 1.807) is 13.8 Å². The molecule has 0 bridgehead atoms. The lowest BCUT2D eigenvalue weighted by molar-refractivity contribution is -0.140. The van der Waals surface area contributed by atoms with Crippen molar-refractivity contribution in [1.82, 2.24) is 4.72 Å². The van der Waals surface area contributed by atoms with Crippen LogP contribution in [0.3, 0.4) is 0 Å². The number of sulfonamides is 1. The lowest BCUT2D eigenvalue weighted by Gasteiger charge is -2.19. The van der Waals surface area contributed by atoms with Crippen LogP contribution in [0, 0.1) is 25.6 Å². The molecule has 0 saturated heterocycles. The van der Waals surface area contributed by atoms with E-state index in [9.17, 15) is 17.6 Å². The van der Waals surface area contributed by atoms with E-state index >= 15 is 0 Å². The molecule has 112 valence electrons. The Hall–Kier alpha value is -1.47. The Morgan fingerprint density at radius 2 is 1.70 bits per heavy atom. The maximum atomic E-state index is 13.2. The molecule has 7 heteroatoms. The minimum Gasteiger partial charge on any atom is -0.480 e. The summed E-state index contributed by atoms with van der Waals surface area (Å²) in [5.74, 6) is -2.19. The zero-order valence-corrected chi connectivity index (χ0v) is 12.6. The molecule has 0 amide bonds. The van der Waals surface area contributed by atoms with Crippen LogP contribution in [0.1, 0.15) is 25.0 Å². The van der Waals surface area contributed by atoms with Crippen LogP contribution in [0.5, 0.6) is 0 Å². The molecule has 0 saturated carbocycles. The molecule has 1 rings (SSSR count). The first-order valence-electron chi connectivity index (χ1n) is 6.08. The fraction of sp³-hybridized carbons (Fsp3) is 0.462. The van der Waals surface area contributed by atoms with E-state index in [0.717, 1.165) is 12.1 Å². The number of carboxylic acids is 1. The van der Waals surface area contributed by atoms with Crippen LogP contribution in [-0.4, -0.2) is 25.5 Å². The smallest absolute Gasteiger partial charge is 0.322 e. The average Bonchev–Trinajstić information content (AvgIpc) is 2.23. The topological polar surface area (TPSA) is 83.5 Å². The number of hydrogen-bond acceptors (Lipinski definition) is 3. The van der Waals surface area contributed by atoms with Crippen molar-refractivity contribution in [2.24, 2.45) is 5.92 Å². The van der Waals surface area contributed by atoms with Crippen LogP contribution in [0.2, 0.25) is 0 Å². The Bertz CT molecular complexity index is 602. The first kappa shape index (κ1) is 16.6. The molecule has 0 heterocycles. The minimum absolute atomic E-state index is 0.0780. The second kappa shape index (κ2) is 5.88. The Labute approximate surface area is 117 Å². The number of halogens is 1. The second-order valence-electron chi connectivity index (χ2n) is 5.05. The summed E-state index contributed by atoms with van der Waals surface area (Å²) in [6.45, 7) is 6.14. The number of carbonyl (C=O) groups is 1. The molecule has 1 atom stereocenters. The van der Waals surface area contributed by atoms with E-state index in [-0.39, 0.29) is 16.0 Å². The number of rotatable bonds is 5. The van der Waals surface area contributed by atoms with Crippen molar-refractivity contribution < 1.29 is 22.7 Å². The van der Waals surface area contributed by atoms with Crippen LogP contribution in [0.4, 0.5) is 4.39 Å². The number of aliphatic carboxylic acids is 1. The van der Waals surface area contributed by atoms with Gasteiger partial charge in [-0.15, -0.1) is 0 Å². The molecule has 0 aliphatic carbocycles. The molecule has 20 heavy (non-hydrogen) atoms. The molecule has 0 radical (unpaired) electrons. The van der Waals surface area contributed by atoms with Gasteiger partial charge in [-0.05, 0) is 43.0 Å². The Morgan fingerprint density at radius 1 is 1.25 bits per heavy atom. The van der Waals surface area contributed by atoms with Gasteiger partial charge < -0.3 is 5.11 Å². The fourth-order valence-corrected chi connectivity index (χ4v) is 3.81. The predicted octanol–water partition coefficient (Wildman–Crippen LogP) is 1.83. The highest BCUT2D eigenvalue weighted by atomic mass is 32.2. The first-order valence-corrected chi connectivity index (χ1v) is 7.56.